The first-order valence-electron chi connectivity index (χ1n) is 5.40. The van der Waals surface area contributed by atoms with Crippen molar-refractivity contribution in [3.05, 3.63) is 46.7 Å². The molecule has 0 radical (unpaired) electrons. The molecule has 1 heterocycles. The van der Waals surface area contributed by atoms with E-state index in [1.54, 1.807) is 19.2 Å². The molecule has 0 spiro atoms. The molecule has 0 atom stereocenters. The number of nitrogens with one attached hydrogen (secondary N) is 1. The monoisotopic (exact) mass is 308 g/mol. The first-order chi connectivity index (χ1) is 8.69. The average molecular weight is 309 g/mol. The van der Waals surface area contributed by atoms with Crippen LogP contribution in [-0.4, -0.2) is 17.2 Å². The van der Waals surface area contributed by atoms with Gasteiger partial charge in [0.1, 0.15) is 11.5 Å². The Morgan fingerprint density at radius 2 is 2.17 bits per heavy atom. The Labute approximate surface area is 114 Å². The Bertz CT molecular complexity index is 529. The van der Waals surface area contributed by atoms with Crippen molar-refractivity contribution in [3.63, 3.8) is 0 Å². The van der Waals surface area contributed by atoms with E-state index in [0.717, 1.165) is 21.6 Å². The predicted octanol–water partition coefficient (Wildman–Crippen LogP) is 3.17. The highest BCUT2D eigenvalue weighted by atomic mass is 79.9. The molecule has 18 heavy (non-hydrogen) atoms. The molecular formula is C13H13BrN2O2. The molecule has 0 aliphatic heterocycles. The largest absolute Gasteiger partial charge is 0.506 e. The normalized spacial score (nSPS) is 10.1. The van der Waals surface area contributed by atoms with Crippen LogP contribution in [0.3, 0.4) is 0 Å². The van der Waals surface area contributed by atoms with Crippen molar-refractivity contribution in [3.8, 4) is 11.5 Å². The molecule has 2 N–H and O–H groups in total. The Morgan fingerprint density at radius 3 is 2.83 bits per heavy atom. The van der Waals surface area contributed by atoms with E-state index in [2.05, 4.69) is 26.2 Å². The SMILES string of the molecule is COc1cc(NCc2ccc(O)cn2)ccc1Br. The summed E-state index contributed by atoms with van der Waals surface area (Å²) in [6, 6.07) is 9.17. The summed E-state index contributed by atoms with van der Waals surface area (Å²) < 4.78 is 6.13. The van der Waals surface area contributed by atoms with Crippen molar-refractivity contribution in [2.75, 3.05) is 12.4 Å². The third-order valence-corrected chi connectivity index (χ3v) is 3.09. The van der Waals surface area contributed by atoms with Gasteiger partial charge in [-0.05, 0) is 40.2 Å². The number of hydrogen-bond donors (Lipinski definition) is 2. The van der Waals surface area contributed by atoms with Gasteiger partial charge in [-0.3, -0.25) is 4.98 Å². The van der Waals surface area contributed by atoms with Crippen LogP contribution in [0.4, 0.5) is 5.69 Å². The first-order valence-corrected chi connectivity index (χ1v) is 6.19. The van der Waals surface area contributed by atoms with Crippen LogP contribution in [0, 0.1) is 0 Å². The molecule has 0 amide bonds. The molecule has 0 saturated heterocycles. The minimum absolute atomic E-state index is 0.170. The van der Waals surface area contributed by atoms with Gasteiger partial charge in [-0.1, -0.05) is 0 Å². The lowest BCUT2D eigenvalue weighted by Gasteiger charge is -2.09. The summed E-state index contributed by atoms with van der Waals surface area (Å²) in [5, 5.41) is 12.4. The lowest BCUT2D eigenvalue weighted by Crippen LogP contribution is -2.01. The van der Waals surface area contributed by atoms with Gasteiger partial charge < -0.3 is 15.2 Å². The van der Waals surface area contributed by atoms with E-state index in [-0.39, 0.29) is 5.75 Å². The third kappa shape index (κ3) is 3.13. The molecule has 0 unspecified atom stereocenters. The molecule has 1 aromatic heterocycles. The Hall–Kier alpha value is -1.75. The van der Waals surface area contributed by atoms with Gasteiger partial charge in [-0.15, -0.1) is 0 Å². The molecule has 0 fully saturated rings. The molecule has 0 aliphatic carbocycles. The van der Waals surface area contributed by atoms with Gasteiger partial charge >= 0.3 is 0 Å². The summed E-state index contributed by atoms with van der Waals surface area (Å²) in [6.45, 7) is 0.588. The summed E-state index contributed by atoms with van der Waals surface area (Å²) >= 11 is 3.40. The van der Waals surface area contributed by atoms with Crippen LogP contribution >= 0.6 is 15.9 Å². The zero-order valence-electron chi connectivity index (χ0n) is 9.85. The number of benzene rings is 1. The lowest BCUT2D eigenvalue weighted by molar-refractivity contribution is 0.412. The molecule has 94 valence electrons. The molecule has 0 saturated carbocycles. The number of pyridine rings is 1. The van der Waals surface area contributed by atoms with E-state index < -0.39 is 0 Å². The zero-order valence-corrected chi connectivity index (χ0v) is 11.4. The number of anilines is 1. The molecule has 2 rings (SSSR count). The van der Waals surface area contributed by atoms with Gasteiger partial charge in [0.15, 0.2) is 0 Å². The number of aromatic nitrogens is 1. The molecule has 4 nitrogen and oxygen atoms in total. The van der Waals surface area contributed by atoms with Crippen molar-refractivity contribution in [1.29, 1.82) is 0 Å². The van der Waals surface area contributed by atoms with Crippen molar-refractivity contribution in [2.45, 2.75) is 6.54 Å². The Balaban J connectivity index is 2.04. The van der Waals surface area contributed by atoms with Crippen LogP contribution in [0.25, 0.3) is 0 Å². The highest BCUT2D eigenvalue weighted by Gasteiger charge is 2.02. The van der Waals surface area contributed by atoms with Crippen LogP contribution in [0.2, 0.25) is 0 Å². The molecule has 2 aromatic rings. The van der Waals surface area contributed by atoms with Gasteiger partial charge in [0.25, 0.3) is 0 Å². The van der Waals surface area contributed by atoms with Crippen molar-refractivity contribution >= 4 is 21.6 Å². The minimum Gasteiger partial charge on any atom is -0.506 e. The number of methoxy groups -OCH3 is 1. The second-order valence-electron chi connectivity index (χ2n) is 3.71. The number of ether oxygens (including phenoxy) is 1. The summed E-state index contributed by atoms with van der Waals surface area (Å²) in [6.07, 6.45) is 1.43. The molecule has 0 bridgehead atoms. The van der Waals surface area contributed by atoms with Crippen molar-refractivity contribution in [1.82, 2.24) is 4.98 Å². The summed E-state index contributed by atoms with van der Waals surface area (Å²) in [5.74, 6) is 0.947. The van der Waals surface area contributed by atoms with Crippen LogP contribution < -0.4 is 10.1 Å². The molecule has 0 aliphatic rings. The molecule has 5 heteroatoms. The molecular weight excluding hydrogens is 296 g/mol. The molecule has 1 aromatic carbocycles. The highest BCUT2D eigenvalue weighted by molar-refractivity contribution is 9.10. The van der Waals surface area contributed by atoms with Gasteiger partial charge in [0.2, 0.25) is 0 Å². The Morgan fingerprint density at radius 1 is 1.33 bits per heavy atom. The van der Waals surface area contributed by atoms with E-state index in [9.17, 15) is 0 Å². The summed E-state index contributed by atoms with van der Waals surface area (Å²) in [5.41, 5.74) is 1.81. The standard InChI is InChI=1S/C13H13BrN2O2/c1-18-13-6-9(3-5-12(13)14)15-7-10-2-4-11(17)8-16-10/h2-6,8,15,17H,7H2,1H3. The lowest BCUT2D eigenvalue weighted by atomic mass is 10.3. The van der Waals surface area contributed by atoms with Crippen LogP contribution in [0.15, 0.2) is 41.0 Å². The maximum atomic E-state index is 9.14. The van der Waals surface area contributed by atoms with Crippen molar-refractivity contribution < 1.29 is 9.84 Å². The minimum atomic E-state index is 0.170. The highest BCUT2D eigenvalue weighted by Crippen LogP contribution is 2.27. The second kappa shape index (κ2) is 5.73. The van der Waals surface area contributed by atoms with Crippen LogP contribution in [0.5, 0.6) is 11.5 Å². The smallest absolute Gasteiger partial charge is 0.135 e. The van der Waals surface area contributed by atoms with Crippen molar-refractivity contribution in [2.24, 2.45) is 0 Å². The van der Waals surface area contributed by atoms with Crippen LogP contribution in [-0.2, 0) is 6.54 Å². The van der Waals surface area contributed by atoms with E-state index in [1.165, 1.54) is 6.20 Å². The maximum Gasteiger partial charge on any atom is 0.135 e. The fraction of sp³-hybridized carbons (Fsp3) is 0.154. The van der Waals surface area contributed by atoms with Gasteiger partial charge in [0.05, 0.1) is 30.0 Å². The van der Waals surface area contributed by atoms with E-state index in [1.807, 2.05) is 18.2 Å². The van der Waals surface area contributed by atoms with E-state index >= 15 is 0 Å². The third-order valence-electron chi connectivity index (χ3n) is 2.43. The number of nitrogens with zero attached hydrogens (tertiary/aromatic N) is 1. The Kier molecular flexibility index (Phi) is 4.04. The van der Waals surface area contributed by atoms with Crippen LogP contribution in [0.1, 0.15) is 5.69 Å². The average Bonchev–Trinajstić information content (AvgIpc) is 2.39. The van der Waals surface area contributed by atoms with E-state index in [4.69, 9.17) is 9.84 Å². The fourth-order valence-corrected chi connectivity index (χ4v) is 1.89. The number of rotatable bonds is 4. The van der Waals surface area contributed by atoms with Gasteiger partial charge in [0, 0.05) is 11.8 Å². The number of halogens is 1. The fourth-order valence-electron chi connectivity index (χ4n) is 1.48. The number of aromatic hydroxyl groups is 1. The van der Waals surface area contributed by atoms with Gasteiger partial charge in [-0.2, -0.15) is 0 Å². The van der Waals surface area contributed by atoms with E-state index in [0.29, 0.717) is 6.54 Å². The topological polar surface area (TPSA) is 54.4 Å². The number of hydrogen-bond acceptors (Lipinski definition) is 4. The zero-order chi connectivity index (χ0) is 13.0. The summed E-state index contributed by atoms with van der Waals surface area (Å²) in [7, 11) is 1.63. The predicted molar refractivity (Wildman–Crippen MR) is 73.9 cm³/mol. The van der Waals surface area contributed by atoms with Gasteiger partial charge in [-0.25, -0.2) is 0 Å². The second-order valence-corrected chi connectivity index (χ2v) is 4.56. The maximum absolute atomic E-state index is 9.14. The summed E-state index contributed by atoms with van der Waals surface area (Å²) in [4.78, 5) is 4.10. The first kappa shape index (κ1) is 12.7. The quantitative estimate of drug-likeness (QED) is 0.911.